The average Bonchev–Trinajstić information content (AvgIpc) is 3.28. The van der Waals surface area contributed by atoms with Gasteiger partial charge in [-0.1, -0.05) is 48.5 Å². The van der Waals surface area contributed by atoms with Crippen molar-refractivity contribution in [1.82, 2.24) is 9.88 Å². The quantitative estimate of drug-likeness (QED) is 0.702. The Bertz CT molecular complexity index is 1150. The zero-order valence-electron chi connectivity index (χ0n) is 15.2. The van der Waals surface area contributed by atoms with Crippen molar-refractivity contribution >= 4 is 16.7 Å². The van der Waals surface area contributed by atoms with Crippen LogP contribution in [-0.2, 0) is 6.42 Å². The van der Waals surface area contributed by atoms with Gasteiger partial charge in [0.1, 0.15) is 0 Å². The number of Topliss-reactive ketones (excluding diaryl/α,β-unsaturated/α-hetero) is 1. The number of hydrogen-bond acceptors (Lipinski definition) is 4. The van der Waals surface area contributed by atoms with Crippen LogP contribution in [0.1, 0.15) is 27.7 Å². The fraction of sp³-hybridized carbons (Fsp3) is 0.261. The van der Waals surface area contributed by atoms with Gasteiger partial charge in [0.2, 0.25) is 0 Å². The van der Waals surface area contributed by atoms with E-state index in [0.717, 1.165) is 17.6 Å². The molecule has 4 atom stereocenters. The van der Waals surface area contributed by atoms with Gasteiger partial charge in [-0.05, 0) is 18.1 Å². The highest BCUT2D eigenvalue weighted by molar-refractivity contribution is 6.01. The molecule has 3 aromatic rings. The Morgan fingerprint density at radius 2 is 1.71 bits per heavy atom. The fourth-order valence-electron chi connectivity index (χ4n) is 4.97. The van der Waals surface area contributed by atoms with Crippen molar-refractivity contribution < 1.29 is 4.79 Å². The lowest BCUT2D eigenvalue weighted by atomic mass is 9.85. The van der Waals surface area contributed by atoms with Crippen LogP contribution in [0.2, 0.25) is 0 Å². The first-order valence-corrected chi connectivity index (χ1v) is 9.48. The smallest absolute Gasteiger partial charge is 0.181 e. The number of carbonyl (C=O) groups excluding carboxylic acids is 1. The number of aromatic amines is 1. The van der Waals surface area contributed by atoms with E-state index in [2.05, 4.69) is 28.1 Å². The van der Waals surface area contributed by atoms with Crippen LogP contribution in [0.25, 0.3) is 10.9 Å². The zero-order chi connectivity index (χ0) is 19.3. The first-order chi connectivity index (χ1) is 13.7. The molecule has 0 bridgehead atoms. The first kappa shape index (κ1) is 16.7. The first-order valence-electron chi connectivity index (χ1n) is 9.48. The number of nitrogens with one attached hydrogen (secondary N) is 1. The molecule has 5 nitrogen and oxygen atoms in total. The molecule has 5 rings (SSSR count). The molecule has 28 heavy (non-hydrogen) atoms. The van der Waals surface area contributed by atoms with E-state index in [-0.39, 0.29) is 11.8 Å². The average molecular weight is 366 g/mol. The van der Waals surface area contributed by atoms with Crippen molar-refractivity contribution in [3.63, 3.8) is 0 Å². The van der Waals surface area contributed by atoms with Crippen LogP contribution in [-0.4, -0.2) is 28.3 Å². The van der Waals surface area contributed by atoms with Crippen molar-refractivity contribution in [2.45, 2.75) is 18.5 Å². The van der Waals surface area contributed by atoms with E-state index >= 15 is 0 Å². The van der Waals surface area contributed by atoms with Gasteiger partial charge in [0.05, 0.1) is 36.1 Å². The van der Waals surface area contributed by atoms with E-state index in [4.69, 9.17) is 0 Å². The maximum absolute atomic E-state index is 13.3. The lowest BCUT2D eigenvalue weighted by Crippen LogP contribution is -2.43. The summed E-state index contributed by atoms with van der Waals surface area (Å²) in [4.78, 5) is 18.9. The summed E-state index contributed by atoms with van der Waals surface area (Å²) >= 11 is 0. The molecular weight excluding hydrogens is 348 g/mol. The number of benzene rings is 2. The number of ketones is 1. The second-order valence-corrected chi connectivity index (χ2v) is 7.48. The molecule has 2 aromatic carbocycles. The van der Waals surface area contributed by atoms with Gasteiger partial charge in [-0.3, -0.25) is 9.69 Å². The minimum Gasteiger partial charge on any atom is -0.357 e. The van der Waals surface area contributed by atoms with Gasteiger partial charge >= 0.3 is 0 Å². The minimum atomic E-state index is -0.653. The van der Waals surface area contributed by atoms with Crippen LogP contribution in [0.5, 0.6) is 0 Å². The summed E-state index contributed by atoms with van der Waals surface area (Å²) in [5.74, 6) is -1.27. The predicted molar refractivity (Wildman–Crippen MR) is 104 cm³/mol. The summed E-state index contributed by atoms with van der Waals surface area (Å²) in [7, 11) is 0. The van der Waals surface area contributed by atoms with Gasteiger partial charge in [-0.15, -0.1) is 0 Å². The van der Waals surface area contributed by atoms with E-state index in [9.17, 15) is 15.3 Å². The number of nitriles is 2. The van der Waals surface area contributed by atoms with E-state index in [0.29, 0.717) is 12.1 Å². The molecule has 0 aliphatic carbocycles. The maximum atomic E-state index is 13.3. The highest BCUT2D eigenvalue weighted by atomic mass is 16.1. The standard InChI is InChI=1S/C23H18N4O/c24-12-17-18(13-25)22(23(28)14-6-2-1-3-7-14)27-11-10-16-15-8-4-5-9-19(15)26-20(16)21(17)27/h1-9,17-18,21-22,26H,10-11H2/t17-,18+,21+,22+/m1/s1. The summed E-state index contributed by atoms with van der Waals surface area (Å²) in [5, 5.41) is 21.0. The second-order valence-electron chi connectivity index (χ2n) is 7.48. The van der Waals surface area contributed by atoms with Crippen molar-refractivity contribution in [2.75, 3.05) is 6.54 Å². The number of rotatable bonds is 2. The Kier molecular flexibility index (Phi) is 3.79. The zero-order valence-corrected chi connectivity index (χ0v) is 15.2. The number of nitrogens with zero attached hydrogens (tertiary/aromatic N) is 3. The molecule has 136 valence electrons. The number of carbonyl (C=O) groups is 1. The Labute approximate surface area is 162 Å². The van der Waals surface area contributed by atoms with E-state index in [1.165, 1.54) is 10.9 Å². The molecule has 1 saturated heterocycles. The van der Waals surface area contributed by atoms with Crippen LogP contribution in [0.15, 0.2) is 54.6 Å². The molecule has 3 heterocycles. The molecule has 1 fully saturated rings. The largest absolute Gasteiger partial charge is 0.357 e. The van der Waals surface area contributed by atoms with E-state index in [1.54, 1.807) is 12.1 Å². The van der Waals surface area contributed by atoms with Gasteiger partial charge in [0.15, 0.2) is 5.78 Å². The fourth-order valence-corrected chi connectivity index (χ4v) is 4.97. The number of H-pyrrole nitrogens is 1. The van der Waals surface area contributed by atoms with Crippen molar-refractivity contribution in [3.05, 3.63) is 71.4 Å². The molecule has 1 aromatic heterocycles. The summed E-state index contributed by atoms with van der Waals surface area (Å²) in [6.45, 7) is 0.666. The minimum absolute atomic E-state index is 0.0746. The topological polar surface area (TPSA) is 83.7 Å². The summed E-state index contributed by atoms with van der Waals surface area (Å²) in [5.41, 5.74) is 3.83. The maximum Gasteiger partial charge on any atom is 0.181 e. The third-order valence-electron chi connectivity index (χ3n) is 6.17. The molecule has 1 N–H and O–H groups in total. The number of para-hydroxylation sites is 1. The highest BCUT2D eigenvalue weighted by Gasteiger charge is 2.55. The van der Waals surface area contributed by atoms with Crippen LogP contribution in [0.3, 0.4) is 0 Å². The van der Waals surface area contributed by atoms with Crippen LogP contribution in [0, 0.1) is 34.5 Å². The molecule has 0 amide bonds. The number of fused-ring (bicyclic) bond motifs is 5. The van der Waals surface area contributed by atoms with Gasteiger partial charge < -0.3 is 4.98 Å². The molecule has 0 unspecified atom stereocenters. The lowest BCUT2D eigenvalue weighted by Gasteiger charge is -2.34. The van der Waals surface area contributed by atoms with Crippen LogP contribution >= 0.6 is 0 Å². The summed E-state index contributed by atoms with van der Waals surface area (Å²) < 4.78 is 0. The molecule has 2 aliphatic heterocycles. The molecule has 0 saturated carbocycles. The number of hydrogen-bond donors (Lipinski definition) is 1. The molecule has 2 aliphatic rings. The van der Waals surface area contributed by atoms with E-state index < -0.39 is 17.9 Å². The predicted octanol–water partition coefficient (Wildman–Crippen LogP) is 3.61. The van der Waals surface area contributed by atoms with Gasteiger partial charge in [-0.2, -0.15) is 10.5 Å². The van der Waals surface area contributed by atoms with Crippen LogP contribution < -0.4 is 0 Å². The molecular formula is C23H18N4O. The Morgan fingerprint density at radius 3 is 2.46 bits per heavy atom. The molecule has 0 radical (unpaired) electrons. The summed E-state index contributed by atoms with van der Waals surface area (Å²) in [6, 6.07) is 21.0. The molecule has 0 spiro atoms. The Balaban J connectivity index is 1.64. The lowest BCUT2D eigenvalue weighted by molar-refractivity contribution is 0.0802. The van der Waals surface area contributed by atoms with E-state index in [1.807, 2.05) is 36.4 Å². The Morgan fingerprint density at radius 1 is 1.00 bits per heavy atom. The third kappa shape index (κ3) is 2.24. The van der Waals surface area contributed by atoms with Crippen molar-refractivity contribution in [3.8, 4) is 12.1 Å². The van der Waals surface area contributed by atoms with Gasteiger partial charge in [-0.25, -0.2) is 0 Å². The normalized spacial score (nSPS) is 26.2. The number of aromatic nitrogens is 1. The van der Waals surface area contributed by atoms with Gasteiger partial charge in [0.25, 0.3) is 0 Å². The molecule has 5 heteroatoms. The summed E-state index contributed by atoms with van der Waals surface area (Å²) in [6.07, 6.45) is 0.796. The van der Waals surface area contributed by atoms with Crippen LogP contribution in [0.4, 0.5) is 0 Å². The highest BCUT2D eigenvalue weighted by Crippen LogP contribution is 2.49. The third-order valence-corrected chi connectivity index (χ3v) is 6.17. The Hall–Kier alpha value is -3.41. The monoisotopic (exact) mass is 366 g/mol. The second kappa shape index (κ2) is 6.34. The van der Waals surface area contributed by atoms with Crippen molar-refractivity contribution in [1.29, 1.82) is 10.5 Å². The van der Waals surface area contributed by atoms with Crippen molar-refractivity contribution in [2.24, 2.45) is 11.8 Å². The SMILES string of the molecule is N#C[C@@H]1[C@H](C#N)[C@@H](C(=O)c2ccccc2)N2CCc3c([nH]c4ccccc34)[C@H]12. The van der Waals surface area contributed by atoms with Gasteiger partial charge in [0, 0.05) is 28.7 Å².